The van der Waals surface area contributed by atoms with Gasteiger partial charge in [-0.15, -0.1) is 0 Å². The van der Waals surface area contributed by atoms with Crippen LogP contribution in [0.4, 0.5) is 15.1 Å². The summed E-state index contributed by atoms with van der Waals surface area (Å²) >= 11 is 0. The highest BCUT2D eigenvalue weighted by atomic mass is 19.1. The smallest absolute Gasteiger partial charge is 0.407 e. The lowest BCUT2D eigenvalue weighted by Gasteiger charge is -2.30. The third kappa shape index (κ3) is 6.37. The Labute approximate surface area is 180 Å². The van der Waals surface area contributed by atoms with E-state index in [2.05, 4.69) is 20.6 Å². The summed E-state index contributed by atoms with van der Waals surface area (Å²) in [5.74, 6) is -1.44. The van der Waals surface area contributed by atoms with Crippen LogP contribution >= 0.6 is 0 Å². The van der Waals surface area contributed by atoms with Gasteiger partial charge in [0.2, 0.25) is 5.95 Å². The molecular weight excluding hydrogens is 403 g/mol. The first-order chi connectivity index (χ1) is 14.6. The fourth-order valence-electron chi connectivity index (χ4n) is 3.48. The molecule has 31 heavy (non-hydrogen) atoms. The molecule has 8 nitrogen and oxygen atoms in total. The average molecular weight is 430 g/mol. The van der Waals surface area contributed by atoms with Crippen molar-refractivity contribution >= 4 is 18.0 Å². The number of aromatic carboxylic acids is 1. The van der Waals surface area contributed by atoms with Crippen LogP contribution in [0.2, 0.25) is 0 Å². The molecule has 2 aromatic rings. The molecule has 1 heterocycles. The summed E-state index contributed by atoms with van der Waals surface area (Å²) < 4.78 is 19.6. The van der Waals surface area contributed by atoms with Crippen LogP contribution in [0.25, 0.3) is 11.3 Å². The Bertz CT molecular complexity index is 953. The minimum Gasteiger partial charge on any atom is -0.478 e. The number of ether oxygens (including phenoxy) is 1. The van der Waals surface area contributed by atoms with Gasteiger partial charge in [-0.25, -0.2) is 23.9 Å². The topological polar surface area (TPSA) is 113 Å². The summed E-state index contributed by atoms with van der Waals surface area (Å²) in [5.41, 5.74) is -0.0698. The van der Waals surface area contributed by atoms with Crippen LogP contribution in [0.5, 0.6) is 0 Å². The Balaban J connectivity index is 1.61. The normalized spacial score (nSPS) is 18.8. The van der Waals surface area contributed by atoms with Crippen molar-refractivity contribution in [2.45, 2.75) is 64.1 Å². The van der Waals surface area contributed by atoms with Gasteiger partial charge < -0.3 is 20.5 Å². The molecule has 166 valence electrons. The second-order valence-electron chi connectivity index (χ2n) is 8.62. The van der Waals surface area contributed by atoms with Gasteiger partial charge >= 0.3 is 12.1 Å². The molecule has 0 bridgehead atoms. The number of carbonyl (C=O) groups excluding carboxylic acids is 1. The highest BCUT2D eigenvalue weighted by Gasteiger charge is 2.25. The van der Waals surface area contributed by atoms with E-state index < -0.39 is 23.5 Å². The van der Waals surface area contributed by atoms with Crippen molar-refractivity contribution < 1.29 is 23.8 Å². The van der Waals surface area contributed by atoms with E-state index >= 15 is 0 Å². The van der Waals surface area contributed by atoms with Gasteiger partial charge in [0.05, 0.1) is 11.8 Å². The largest absolute Gasteiger partial charge is 0.478 e. The number of alkyl carbamates (subject to hydrolysis) is 1. The average Bonchev–Trinajstić information content (AvgIpc) is 2.69. The summed E-state index contributed by atoms with van der Waals surface area (Å²) in [5, 5.41) is 15.3. The maximum atomic E-state index is 14.3. The van der Waals surface area contributed by atoms with Crippen LogP contribution < -0.4 is 10.6 Å². The standard InChI is InChI=1S/C22H27FN4O4/c1-22(2,3)31-21(30)26-16-9-7-15(8-10-16)25-20-24-12-17(23)18(27-20)13-5-4-6-14(11-13)19(28)29/h4-6,11-12,15-16H,7-10H2,1-3H3,(H,26,30)(H,28,29)(H,24,25,27)/t15-,16-. The monoisotopic (exact) mass is 430 g/mol. The number of amides is 1. The van der Waals surface area contributed by atoms with Gasteiger partial charge in [0.25, 0.3) is 0 Å². The number of halogens is 1. The molecule has 1 aliphatic carbocycles. The molecule has 1 aromatic carbocycles. The van der Waals surface area contributed by atoms with E-state index in [1.165, 1.54) is 12.1 Å². The number of anilines is 1. The van der Waals surface area contributed by atoms with Crippen molar-refractivity contribution in [1.29, 1.82) is 0 Å². The lowest BCUT2D eigenvalue weighted by Crippen LogP contribution is -2.42. The van der Waals surface area contributed by atoms with Gasteiger partial charge in [-0.3, -0.25) is 0 Å². The highest BCUT2D eigenvalue weighted by Crippen LogP contribution is 2.25. The van der Waals surface area contributed by atoms with Gasteiger partial charge in [0.1, 0.15) is 11.3 Å². The quantitative estimate of drug-likeness (QED) is 0.650. The highest BCUT2D eigenvalue weighted by molar-refractivity contribution is 5.89. The fraction of sp³-hybridized carbons (Fsp3) is 0.455. The lowest BCUT2D eigenvalue weighted by molar-refractivity contribution is 0.0491. The number of carboxylic acids is 1. The van der Waals surface area contributed by atoms with Crippen LogP contribution in [-0.2, 0) is 4.74 Å². The molecule has 1 saturated carbocycles. The molecule has 0 atom stereocenters. The predicted molar refractivity (Wildman–Crippen MR) is 113 cm³/mol. The fourth-order valence-corrected chi connectivity index (χ4v) is 3.48. The molecule has 1 aromatic heterocycles. The molecule has 3 rings (SSSR count). The number of nitrogens with zero attached hydrogens (tertiary/aromatic N) is 2. The molecule has 1 fully saturated rings. The van der Waals surface area contributed by atoms with Crippen LogP contribution in [0, 0.1) is 5.82 Å². The first-order valence-electron chi connectivity index (χ1n) is 10.2. The predicted octanol–water partition coefficient (Wildman–Crippen LogP) is 4.23. The van der Waals surface area contributed by atoms with E-state index in [0.29, 0.717) is 5.56 Å². The second-order valence-corrected chi connectivity index (χ2v) is 8.62. The molecule has 0 aliphatic heterocycles. The molecule has 1 aliphatic rings. The van der Waals surface area contributed by atoms with E-state index in [1.807, 2.05) is 20.8 Å². The van der Waals surface area contributed by atoms with Crippen molar-refractivity contribution in [3.05, 3.63) is 41.8 Å². The molecule has 1 amide bonds. The third-order valence-electron chi connectivity index (χ3n) is 4.91. The molecule has 0 unspecified atom stereocenters. The van der Waals surface area contributed by atoms with Crippen LogP contribution in [0.15, 0.2) is 30.5 Å². The molecular formula is C22H27FN4O4. The SMILES string of the molecule is CC(C)(C)OC(=O)N[C@H]1CC[C@H](Nc2ncc(F)c(-c3cccc(C(=O)O)c3)n2)CC1. The van der Waals surface area contributed by atoms with E-state index in [0.717, 1.165) is 31.9 Å². The number of hydrogen-bond acceptors (Lipinski definition) is 6. The Morgan fingerprint density at radius 3 is 2.48 bits per heavy atom. The van der Waals surface area contributed by atoms with E-state index in [9.17, 15) is 14.0 Å². The van der Waals surface area contributed by atoms with Crippen LogP contribution in [0.1, 0.15) is 56.8 Å². The number of benzene rings is 1. The van der Waals surface area contributed by atoms with E-state index in [1.54, 1.807) is 12.1 Å². The Kier molecular flexibility index (Phi) is 6.72. The van der Waals surface area contributed by atoms with Crippen molar-refractivity contribution in [2.75, 3.05) is 5.32 Å². The van der Waals surface area contributed by atoms with Gasteiger partial charge in [-0.05, 0) is 58.6 Å². The van der Waals surface area contributed by atoms with Gasteiger partial charge in [-0.1, -0.05) is 12.1 Å². The summed E-state index contributed by atoms with van der Waals surface area (Å²) in [6.45, 7) is 5.47. The molecule has 0 saturated heterocycles. The summed E-state index contributed by atoms with van der Waals surface area (Å²) in [6.07, 6.45) is 3.76. The molecule has 0 radical (unpaired) electrons. The van der Waals surface area contributed by atoms with Crippen molar-refractivity contribution in [3.63, 3.8) is 0 Å². The second kappa shape index (κ2) is 9.28. The Morgan fingerprint density at radius 1 is 1.16 bits per heavy atom. The van der Waals surface area contributed by atoms with Crippen molar-refractivity contribution in [1.82, 2.24) is 15.3 Å². The summed E-state index contributed by atoms with van der Waals surface area (Å²) in [6, 6.07) is 6.09. The van der Waals surface area contributed by atoms with Gasteiger partial charge in [0.15, 0.2) is 5.82 Å². The van der Waals surface area contributed by atoms with E-state index in [-0.39, 0.29) is 29.3 Å². The zero-order valence-corrected chi connectivity index (χ0v) is 17.8. The molecule has 0 spiro atoms. The zero-order chi connectivity index (χ0) is 22.6. The van der Waals surface area contributed by atoms with Crippen LogP contribution in [0.3, 0.4) is 0 Å². The first-order valence-corrected chi connectivity index (χ1v) is 10.2. The lowest BCUT2D eigenvalue weighted by atomic mass is 9.91. The maximum absolute atomic E-state index is 14.3. The number of nitrogens with one attached hydrogen (secondary N) is 2. The maximum Gasteiger partial charge on any atom is 0.407 e. The van der Waals surface area contributed by atoms with Crippen molar-refractivity contribution in [2.24, 2.45) is 0 Å². The first kappa shape index (κ1) is 22.5. The minimum absolute atomic E-state index is 0.0383. The van der Waals surface area contributed by atoms with Gasteiger partial charge in [-0.2, -0.15) is 0 Å². The molecule has 3 N–H and O–H groups in total. The van der Waals surface area contributed by atoms with Gasteiger partial charge in [0, 0.05) is 17.6 Å². The van der Waals surface area contributed by atoms with Crippen LogP contribution in [-0.4, -0.2) is 44.8 Å². The minimum atomic E-state index is -1.09. The Morgan fingerprint density at radius 2 is 1.84 bits per heavy atom. The number of aromatic nitrogens is 2. The summed E-state index contributed by atoms with van der Waals surface area (Å²) in [4.78, 5) is 31.4. The van der Waals surface area contributed by atoms with E-state index in [4.69, 9.17) is 9.84 Å². The number of carboxylic acid groups (broad SMARTS) is 1. The number of carbonyl (C=O) groups is 2. The molecule has 9 heteroatoms. The summed E-state index contributed by atoms with van der Waals surface area (Å²) in [7, 11) is 0. The number of hydrogen-bond donors (Lipinski definition) is 3. The Hall–Kier alpha value is -3.23. The van der Waals surface area contributed by atoms with Crippen molar-refractivity contribution in [3.8, 4) is 11.3 Å². The zero-order valence-electron chi connectivity index (χ0n) is 17.8. The third-order valence-corrected chi connectivity index (χ3v) is 4.91. The number of rotatable bonds is 5.